The normalized spacial score (nSPS) is 8.96. The van der Waals surface area contributed by atoms with Crippen LogP contribution >= 0.6 is 0 Å². The molecule has 9 heteroatoms. The minimum absolute atomic E-state index is 0. The topological polar surface area (TPSA) is 181 Å². The van der Waals surface area contributed by atoms with E-state index in [-0.39, 0.29) is 27.7 Å². The molecule has 0 aliphatic rings. The van der Waals surface area contributed by atoms with E-state index in [4.69, 9.17) is 20.4 Å². The van der Waals surface area contributed by atoms with Crippen molar-refractivity contribution in [3.05, 3.63) is 70.8 Å². The third-order valence-corrected chi connectivity index (χ3v) is 2.76. The first-order chi connectivity index (χ1) is 11.2. The highest BCUT2D eigenvalue weighted by Crippen LogP contribution is 2.04. The molecule has 0 fully saturated rings. The fourth-order valence-electron chi connectivity index (χ4n) is 1.51. The molecular formula is C16H14O9. The predicted molar refractivity (Wildman–Crippen MR) is 84.3 cm³/mol. The Morgan fingerprint density at radius 1 is 0.440 bits per heavy atom. The molecule has 2 aromatic rings. The first kappa shape index (κ1) is 21.3. The monoisotopic (exact) mass is 350 g/mol. The van der Waals surface area contributed by atoms with Crippen LogP contribution in [0.1, 0.15) is 41.4 Å². The van der Waals surface area contributed by atoms with Gasteiger partial charge >= 0.3 is 23.9 Å². The first-order valence-electron chi connectivity index (χ1n) is 6.35. The molecule has 0 bridgehead atoms. The predicted octanol–water partition coefficient (Wildman–Crippen LogP) is 1.34. The van der Waals surface area contributed by atoms with Crippen molar-refractivity contribution in [1.82, 2.24) is 0 Å². The van der Waals surface area contributed by atoms with Gasteiger partial charge in [-0.25, -0.2) is 19.2 Å². The van der Waals surface area contributed by atoms with E-state index >= 15 is 0 Å². The fourth-order valence-corrected chi connectivity index (χ4v) is 1.51. The van der Waals surface area contributed by atoms with E-state index in [1.807, 2.05) is 0 Å². The van der Waals surface area contributed by atoms with Crippen LogP contribution < -0.4 is 0 Å². The van der Waals surface area contributed by atoms with Crippen LogP contribution in [0.4, 0.5) is 0 Å². The van der Waals surface area contributed by atoms with Gasteiger partial charge in [0.15, 0.2) is 0 Å². The highest BCUT2D eigenvalue weighted by atomic mass is 16.4. The summed E-state index contributed by atoms with van der Waals surface area (Å²) in [4.78, 5) is 41.3. The zero-order chi connectivity index (χ0) is 18.3. The summed E-state index contributed by atoms with van der Waals surface area (Å²) in [5, 5.41) is 33.9. The summed E-state index contributed by atoms with van der Waals surface area (Å²) in [6, 6.07) is 10.0. The number of carboxylic acids is 4. The van der Waals surface area contributed by atoms with Gasteiger partial charge in [0.1, 0.15) is 0 Å². The number of benzene rings is 2. The SMILES string of the molecule is O.O=C(O)c1ccc(C(=O)O)cc1.O=C(O)c1ccc(C(=O)O)cc1. The van der Waals surface area contributed by atoms with Gasteiger partial charge in [0.05, 0.1) is 22.3 Å². The van der Waals surface area contributed by atoms with Crippen LogP contribution in [0.15, 0.2) is 48.5 Å². The molecule has 0 atom stereocenters. The maximum Gasteiger partial charge on any atom is 0.335 e. The van der Waals surface area contributed by atoms with Crippen LogP contribution in [0.2, 0.25) is 0 Å². The molecule has 9 nitrogen and oxygen atoms in total. The lowest BCUT2D eigenvalue weighted by Gasteiger charge is -1.94. The number of aromatic carboxylic acids is 4. The zero-order valence-electron chi connectivity index (χ0n) is 12.5. The number of carboxylic acid groups (broad SMARTS) is 4. The van der Waals surface area contributed by atoms with Crippen LogP contribution in [-0.2, 0) is 0 Å². The molecule has 2 aromatic carbocycles. The van der Waals surface area contributed by atoms with E-state index in [0.29, 0.717) is 0 Å². The largest absolute Gasteiger partial charge is 0.478 e. The van der Waals surface area contributed by atoms with Gasteiger partial charge in [-0.3, -0.25) is 0 Å². The van der Waals surface area contributed by atoms with Crippen LogP contribution in [0.5, 0.6) is 0 Å². The standard InChI is InChI=1S/2C8H6O4.H2O/c2*9-7(10)5-1-2-6(4-3-5)8(11)12;/h2*1-4H,(H,9,10)(H,11,12);1H2. The van der Waals surface area contributed by atoms with Crippen molar-refractivity contribution in [2.45, 2.75) is 0 Å². The minimum Gasteiger partial charge on any atom is -0.478 e. The van der Waals surface area contributed by atoms with Crippen molar-refractivity contribution in [2.75, 3.05) is 0 Å². The molecule has 25 heavy (non-hydrogen) atoms. The van der Waals surface area contributed by atoms with Crippen LogP contribution in [0, 0.1) is 0 Å². The molecule has 2 rings (SSSR count). The fraction of sp³-hybridized carbons (Fsp3) is 0. The number of carbonyl (C=O) groups is 4. The van der Waals surface area contributed by atoms with Crippen molar-refractivity contribution < 1.29 is 45.1 Å². The smallest absolute Gasteiger partial charge is 0.335 e. The minimum atomic E-state index is -1.06. The van der Waals surface area contributed by atoms with E-state index in [1.165, 1.54) is 48.5 Å². The van der Waals surface area contributed by atoms with E-state index < -0.39 is 23.9 Å². The lowest BCUT2D eigenvalue weighted by Crippen LogP contribution is -1.99. The highest BCUT2D eigenvalue weighted by molar-refractivity contribution is 5.92. The Hall–Kier alpha value is -3.72. The molecule has 0 amide bonds. The molecule has 132 valence electrons. The average molecular weight is 350 g/mol. The molecule has 0 aliphatic carbocycles. The van der Waals surface area contributed by atoms with Crippen molar-refractivity contribution in [1.29, 1.82) is 0 Å². The lowest BCUT2D eigenvalue weighted by atomic mass is 10.1. The maximum atomic E-state index is 10.3. The van der Waals surface area contributed by atoms with Gasteiger partial charge in [0.2, 0.25) is 0 Å². The van der Waals surface area contributed by atoms with Crippen molar-refractivity contribution in [2.24, 2.45) is 0 Å². The second kappa shape index (κ2) is 9.43. The molecule has 0 saturated heterocycles. The van der Waals surface area contributed by atoms with Gasteiger partial charge < -0.3 is 25.9 Å². The number of hydrogen-bond acceptors (Lipinski definition) is 4. The molecule has 0 spiro atoms. The Bertz CT molecular complexity index is 628. The molecule has 0 heterocycles. The summed E-state index contributed by atoms with van der Waals surface area (Å²) in [5.41, 5.74) is 0.333. The third-order valence-electron chi connectivity index (χ3n) is 2.76. The molecule has 0 saturated carbocycles. The summed E-state index contributed by atoms with van der Waals surface area (Å²) >= 11 is 0. The summed E-state index contributed by atoms with van der Waals surface area (Å²) in [6.07, 6.45) is 0. The maximum absolute atomic E-state index is 10.3. The summed E-state index contributed by atoms with van der Waals surface area (Å²) in [6.45, 7) is 0. The summed E-state index contributed by atoms with van der Waals surface area (Å²) in [5.74, 6) is -4.25. The van der Waals surface area contributed by atoms with Gasteiger partial charge in [0, 0.05) is 0 Å². The molecular weight excluding hydrogens is 336 g/mol. The lowest BCUT2D eigenvalue weighted by molar-refractivity contribution is 0.0681. The Morgan fingerprint density at radius 2 is 0.560 bits per heavy atom. The van der Waals surface area contributed by atoms with E-state index in [2.05, 4.69) is 0 Å². The second-order valence-electron chi connectivity index (χ2n) is 4.38. The zero-order valence-corrected chi connectivity index (χ0v) is 12.5. The summed E-state index contributed by atoms with van der Waals surface area (Å²) in [7, 11) is 0. The van der Waals surface area contributed by atoms with Gasteiger partial charge in [-0.1, -0.05) is 0 Å². The average Bonchev–Trinajstić information content (AvgIpc) is 2.55. The molecule has 6 N–H and O–H groups in total. The van der Waals surface area contributed by atoms with Gasteiger partial charge in [-0.05, 0) is 48.5 Å². The van der Waals surface area contributed by atoms with Crippen molar-refractivity contribution in [3.8, 4) is 0 Å². The first-order valence-corrected chi connectivity index (χ1v) is 6.35. The quantitative estimate of drug-likeness (QED) is 0.637. The second-order valence-corrected chi connectivity index (χ2v) is 4.38. The molecule has 0 aliphatic heterocycles. The Labute approximate surface area is 140 Å². The van der Waals surface area contributed by atoms with Crippen molar-refractivity contribution >= 4 is 23.9 Å². The third kappa shape index (κ3) is 6.50. The van der Waals surface area contributed by atoms with Gasteiger partial charge in [0.25, 0.3) is 0 Å². The molecule has 0 aromatic heterocycles. The molecule has 0 unspecified atom stereocenters. The van der Waals surface area contributed by atoms with Crippen LogP contribution in [0.3, 0.4) is 0 Å². The number of hydrogen-bond donors (Lipinski definition) is 4. The molecule has 0 radical (unpaired) electrons. The Morgan fingerprint density at radius 3 is 0.640 bits per heavy atom. The van der Waals surface area contributed by atoms with E-state index in [9.17, 15) is 19.2 Å². The van der Waals surface area contributed by atoms with Crippen LogP contribution in [-0.4, -0.2) is 49.8 Å². The van der Waals surface area contributed by atoms with E-state index in [1.54, 1.807) is 0 Å². The van der Waals surface area contributed by atoms with Gasteiger partial charge in [-0.15, -0.1) is 0 Å². The van der Waals surface area contributed by atoms with Gasteiger partial charge in [-0.2, -0.15) is 0 Å². The van der Waals surface area contributed by atoms with Crippen LogP contribution in [0.25, 0.3) is 0 Å². The van der Waals surface area contributed by atoms with E-state index in [0.717, 1.165) is 0 Å². The number of rotatable bonds is 4. The Balaban J connectivity index is 0.000000443. The Kier molecular flexibility index (Phi) is 8.02. The highest BCUT2D eigenvalue weighted by Gasteiger charge is 2.05. The van der Waals surface area contributed by atoms with Crippen molar-refractivity contribution in [3.63, 3.8) is 0 Å². The summed E-state index contributed by atoms with van der Waals surface area (Å²) < 4.78 is 0.